The van der Waals surface area contributed by atoms with Gasteiger partial charge in [0.2, 0.25) is 5.91 Å². The number of hydrogen-bond donors (Lipinski definition) is 2. The summed E-state index contributed by atoms with van der Waals surface area (Å²) in [5, 5.41) is 20.6. The Bertz CT molecular complexity index is 510. The van der Waals surface area contributed by atoms with E-state index in [9.17, 15) is 4.79 Å². The molecule has 0 radical (unpaired) electrons. The summed E-state index contributed by atoms with van der Waals surface area (Å²) in [6, 6.07) is 8.80. The molecule has 1 fully saturated rings. The second-order valence-electron chi connectivity index (χ2n) is 4.96. The summed E-state index contributed by atoms with van der Waals surface area (Å²) in [5.41, 5.74) is 1.26. The Morgan fingerprint density at radius 3 is 2.90 bits per heavy atom. The minimum atomic E-state index is -0.152. The Kier molecular flexibility index (Phi) is 5.69. The van der Waals surface area contributed by atoms with Gasteiger partial charge < -0.3 is 15.2 Å². The predicted molar refractivity (Wildman–Crippen MR) is 77.7 cm³/mol. The summed E-state index contributed by atoms with van der Waals surface area (Å²) >= 11 is 0. The molecular weight excluding hydrogens is 270 g/mol. The molecular formula is C15H19N3O3. The van der Waals surface area contributed by atoms with E-state index < -0.39 is 0 Å². The number of nitrogens with zero attached hydrogens (tertiary/aromatic N) is 2. The number of nitrogens with one attached hydrogen (secondary N) is 1. The van der Waals surface area contributed by atoms with Crippen molar-refractivity contribution in [3.8, 4) is 6.07 Å². The van der Waals surface area contributed by atoms with Crippen molar-refractivity contribution in [3.05, 3.63) is 29.8 Å². The average molecular weight is 289 g/mol. The van der Waals surface area contributed by atoms with Crippen LogP contribution in [0, 0.1) is 11.3 Å². The van der Waals surface area contributed by atoms with E-state index in [2.05, 4.69) is 10.2 Å². The lowest BCUT2D eigenvalue weighted by atomic mass is 10.2. The normalized spacial score (nSPS) is 19.0. The van der Waals surface area contributed by atoms with E-state index >= 15 is 0 Å². The summed E-state index contributed by atoms with van der Waals surface area (Å²) in [6.07, 6.45) is 0.235. The highest BCUT2D eigenvalue weighted by atomic mass is 16.5. The van der Waals surface area contributed by atoms with Gasteiger partial charge in [-0.2, -0.15) is 5.26 Å². The van der Waals surface area contributed by atoms with Gasteiger partial charge >= 0.3 is 0 Å². The van der Waals surface area contributed by atoms with Crippen molar-refractivity contribution >= 4 is 11.6 Å². The molecule has 0 spiro atoms. The Hall–Kier alpha value is -1.94. The van der Waals surface area contributed by atoms with Crippen molar-refractivity contribution < 1.29 is 14.6 Å². The number of hydrogen-bond acceptors (Lipinski definition) is 5. The number of ether oxygens (including phenoxy) is 1. The fourth-order valence-corrected chi connectivity index (χ4v) is 2.21. The van der Waals surface area contributed by atoms with E-state index in [1.54, 1.807) is 24.3 Å². The van der Waals surface area contributed by atoms with Crippen LogP contribution < -0.4 is 5.32 Å². The van der Waals surface area contributed by atoms with Gasteiger partial charge in [0.05, 0.1) is 31.0 Å². The number of nitriles is 1. The number of carbonyl (C=O) groups excluding carboxylic acids is 1. The molecule has 21 heavy (non-hydrogen) atoms. The average Bonchev–Trinajstić information content (AvgIpc) is 2.54. The number of carbonyl (C=O) groups is 1. The van der Waals surface area contributed by atoms with Crippen molar-refractivity contribution in [2.45, 2.75) is 12.5 Å². The first-order valence-electron chi connectivity index (χ1n) is 6.96. The molecule has 1 saturated heterocycles. The molecule has 1 amide bonds. The maximum absolute atomic E-state index is 11.9. The van der Waals surface area contributed by atoms with E-state index in [1.807, 2.05) is 6.07 Å². The fraction of sp³-hybridized carbons (Fsp3) is 0.467. The number of aliphatic hydroxyl groups is 1. The molecule has 6 heteroatoms. The molecule has 1 heterocycles. The van der Waals surface area contributed by atoms with Crippen LogP contribution in [0.3, 0.4) is 0 Å². The fourth-order valence-electron chi connectivity index (χ4n) is 2.21. The van der Waals surface area contributed by atoms with Crippen LogP contribution in [-0.4, -0.2) is 54.9 Å². The Morgan fingerprint density at radius 1 is 1.48 bits per heavy atom. The lowest BCUT2D eigenvalue weighted by Gasteiger charge is -2.31. The molecule has 0 aromatic heterocycles. The van der Waals surface area contributed by atoms with Gasteiger partial charge in [0.15, 0.2) is 0 Å². The van der Waals surface area contributed by atoms with Crippen LogP contribution in [0.25, 0.3) is 0 Å². The molecule has 1 atom stereocenters. The van der Waals surface area contributed by atoms with Crippen molar-refractivity contribution in [2.75, 3.05) is 38.2 Å². The lowest BCUT2D eigenvalue weighted by molar-refractivity contribution is -0.117. The van der Waals surface area contributed by atoms with E-state index in [4.69, 9.17) is 15.1 Å². The lowest BCUT2D eigenvalue weighted by Crippen LogP contribution is -2.44. The Balaban J connectivity index is 1.75. The minimum absolute atomic E-state index is 0.00787. The maximum atomic E-state index is 11.9. The molecule has 0 aliphatic carbocycles. The molecule has 1 aliphatic heterocycles. The smallest absolute Gasteiger partial charge is 0.225 e. The van der Waals surface area contributed by atoms with Crippen LogP contribution in [0.5, 0.6) is 0 Å². The van der Waals surface area contributed by atoms with Crippen LogP contribution in [0.2, 0.25) is 0 Å². The molecule has 112 valence electrons. The highest BCUT2D eigenvalue weighted by Gasteiger charge is 2.19. The molecule has 2 rings (SSSR count). The number of amides is 1. The third-order valence-corrected chi connectivity index (χ3v) is 3.38. The number of rotatable bonds is 5. The van der Waals surface area contributed by atoms with Gasteiger partial charge in [0.1, 0.15) is 0 Å². The molecule has 0 bridgehead atoms. The quantitative estimate of drug-likeness (QED) is 0.828. The van der Waals surface area contributed by atoms with Crippen LogP contribution in [-0.2, 0) is 9.53 Å². The third-order valence-electron chi connectivity index (χ3n) is 3.38. The molecule has 1 aromatic carbocycles. The summed E-state index contributed by atoms with van der Waals surface area (Å²) in [7, 11) is 0. The molecule has 2 N–H and O–H groups in total. The SMILES string of the molecule is N#Cc1ccc(NC(=O)CCN2CCOC(CO)C2)cc1. The zero-order valence-electron chi connectivity index (χ0n) is 11.8. The molecule has 6 nitrogen and oxygen atoms in total. The van der Waals surface area contributed by atoms with Gasteiger partial charge in [0.25, 0.3) is 0 Å². The second-order valence-corrected chi connectivity index (χ2v) is 4.96. The van der Waals surface area contributed by atoms with Crippen molar-refractivity contribution in [1.29, 1.82) is 5.26 Å². The number of morpholine rings is 1. The summed E-state index contributed by atoms with van der Waals surface area (Å²) < 4.78 is 5.36. The van der Waals surface area contributed by atoms with Gasteiger partial charge in [-0.1, -0.05) is 0 Å². The van der Waals surface area contributed by atoms with Crippen LogP contribution in [0.15, 0.2) is 24.3 Å². The third kappa shape index (κ3) is 4.83. The van der Waals surface area contributed by atoms with Gasteiger partial charge in [-0.05, 0) is 24.3 Å². The summed E-state index contributed by atoms with van der Waals surface area (Å²) in [6.45, 7) is 2.67. The Labute approximate surface area is 123 Å². The largest absolute Gasteiger partial charge is 0.394 e. The van der Waals surface area contributed by atoms with Crippen LogP contribution >= 0.6 is 0 Å². The van der Waals surface area contributed by atoms with Gasteiger partial charge in [-0.15, -0.1) is 0 Å². The summed E-state index contributed by atoms with van der Waals surface area (Å²) in [5.74, 6) is -0.0632. The van der Waals surface area contributed by atoms with Crippen molar-refractivity contribution in [3.63, 3.8) is 0 Å². The van der Waals surface area contributed by atoms with Crippen molar-refractivity contribution in [2.24, 2.45) is 0 Å². The number of benzene rings is 1. The first-order valence-corrected chi connectivity index (χ1v) is 6.96. The van der Waals surface area contributed by atoms with E-state index in [0.717, 1.165) is 6.54 Å². The zero-order chi connectivity index (χ0) is 15.1. The number of anilines is 1. The monoisotopic (exact) mass is 289 g/mol. The molecule has 1 aliphatic rings. The minimum Gasteiger partial charge on any atom is -0.394 e. The Morgan fingerprint density at radius 2 is 2.24 bits per heavy atom. The number of aliphatic hydroxyl groups excluding tert-OH is 1. The van der Waals surface area contributed by atoms with Gasteiger partial charge in [0, 0.05) is 31.7 Å². The van der Waals surface area contributed by atoms with Gasteiger partial charge in [-0.25, -0.2) is 0 Å². The zero-order valence-corrected chi connectivity index (χ0v) is 11.8. The molecule has 1 aromatic rings. The van der Waals surface area contributed by atoms with Gasteiger partial charge in [-0.3, -0.25) is 9.69 Å². The topological polar surface area (TPSA) is 85.6 Å². The molecule has 1 unspecified atom stereocenters. The van der Waals surface area contributed by atoms with E-state index in [0.29, 0.717) is 37.4 Å². The molecule has 0 saturated carbocycles. The predicted octanol–water partition coefficient (Wildman–Crippen LogP) is 0.580. The maximum Gasteiger partial charge on any atom is 0.225 e. The van der Waals surface area contributed by atoms with E-state index in [1.165, 1.54) is 0 Å². The van der Waals surface area contributed by atoms with Crippen molar-refractivity contribution in [1.82, 2.24) is 4.90 Å². The first-order chi connectivity index (χ1) is 10.2. The standard InChI is InChI=1S/C15H19N3O3/c16-9-12-1-3-13(4-2-12)17-15(20)5-6-18-7-8-21-14(10-18)11-19/h1-4,14,19H,5-8,10-11H2,(H,17,20). The van der Waals surface area contributed by atoms with E-state index in [-0.39, 0.29) is 18.6 Å². The van der Waals surface area contributed by atoms with Crippen LogP contribution in [0.4, 0.5) is 5.69 Å². The van der Waals surface area contributed by atoms with Crippen LogP contribution in [0.1, 0.15) is 12.0 Å². The second kappa shape index (κ2) is 7.74. The summed E-state index contributed by atoms with van der Waals surface area (Å²) in [4.78, 5) is 14.0. The highest BCUT2D eigenvalue weighted by Crippen LogP contribution is 2.10. The highest BCUT2D eigenvalue weighted by molar-refractivity contribution is 5.90. The first kappa shape index (κ1) is 15.4.